The van der Waals surface area contributed by atoms with Crippen LogP contribution in [0.3, 0.4) is 0 Å². The first-order valence-corrected chi connectivity index (χ1v) is 6.20. The Hall–Kier alpha value is -1.59. The number of aryl methyl sites for hydroxylation is 1. The molecular formula is C14H22N2O3. The van der Waals surface area contributed by atoms with Crippen LogP contribution in [0.15, 0.2) is 18.2 Å². The summed E-state index contributed by atoms with van der Waals surface area (Å²) in [6, 6.07) is 5.99. The first-order chi connectivity index (χ1) is 9.06. The number of amides is 1. The second-order valence-corrected chi connectivity index (χ2v) is 4.49. The summed E-state index contributed by atoms with van der Waals surface area (Å²) < 4.78 is 10.4. The maximum absolute atomic E-state index is 11.1. The van der Waals surface area contributed by atoms with E-state index in [1.807, 2.05) is 24.0 Å². The Morgan fingerprint density at radius 1 is 1.37 bits per heavy atom. The van der Waals surface area contributed by atoms with Gasteiger partial charge >= 0.3 is 0 Å². The summed E-state index contributed by atoms with van der Waals surface area (Å²) >= 11 is 0. The van der Waals surface area contributed by atoms with E-state index in [1.54, 1.807) is 14.2 Å². The average Bonchev–Trinajstić information content (AvgIpc) is 2.35. The molecule has 0 spiro atoms. The van der Waals surface area contributed by atoms with E-state index in [9.17, 15) is 4.79 Å². The fraction of sp³-hybridized carbons (Fsp3) is 0.500. The molecule has 0 aromatic heterocycles. The Kier molecular flexibility index (Phi) is 6.32. The molecule has 0 aliphatic rings. The first kappa shape index (κ1) is 15.5. The van der Waals surface area contributed by atoms with Gasteiger partial charge in [0.05, 0.1) is 20.3 Å². The van der Waals surface area contributed by atoms with E-state index in [0.717, 1.165) is 16.9 Å². The molecule has 0 heterocycles. The van der Waals surface area contributed by atoms with Crippen molar-refractivity contribution in [3.8, 4) is 5.75 Å². The van der Waals surface area contributed by atoms with Gasteiger partial charge in [0, 0.05) is 25.8 Å². The molecule has 5 nitrogen and oxygen atoms in total. The number of nitrogens with two attached hydrogens (primary N) is 1. The number of carbonyl (C=O) groups excluding carboxylic acids is 1. The minimum Gasteiger partial charge on any atom is -0.496 e. The Balaban J connectivity index is 2.81. The molecule has 19 heavy (non-hydrogen) atoms. The third-order valence-corrected chi connectivity index (χ3v) is 2.82. The van der Waals surface area contributed by atoms with E-state index in [4.69, 9.17) is 15.2 Å². The Bertz CT molecular complexity index is 421. The van der Waals surface area contributed by atoms with Crippen molar-refractivity contribution >= 4 is 5.91 Å². The van der Waals surface area contributed by atoms with Crippen LogP contribution in [-0.4, -0.2) is 44.7 Å². The van der Waals surface area contributed by atoms with Crippen molar-refractivity contribution in [2.45, 2.75) is 13.5 Å². The highest BCUT2D eigenvalue weighted by molar-refractivity contribution is 5.75. The van der Waals surface area contributed by atoms with Crippen molar-refractivity contribution in [3.63, 3.8) is 0 Å². The van der Waals surface area contributed by atoms with Crippen LogP contribution in [0.2, 0.25) is 0 Å². The monoisotopic (exact) mass is 266 g/mol. The average molecular weight is 266 g/mol. The number of methoxy groups -OCH3 is 2. The molecule has 1 rings (SSSR count). The Labute approximate surface area is 114 Å². The summed E-state index contributed by atoms with van der Waals surface area (Å²) in [6.45, 7) is 4.05. The maximum atomic E-state index is 11.1. The lowest BCUT2D eigenvalue weighted by molar-refractivity contribution is -0.119. The van der Waals surface area contributed by atoms with Crippen molar-refractivity contribution in [1.82, 2.24) is 4.90 Å². The second kappa shape index (κ2) is 7.76. The number of hydrogen-bond donors (Lipinski definition) is 1. The molecular weight excluding hydrogens is 244 g/mol. The van der Waals surface area contributed by atoms with Crippen molar-refractivity contribution in [3.05, 3.63) is 29.3 Å². The first-order valence-electron chi connectivity index (χ1n) is 6.20. The third-order valence-electron chi connectivity index (χ3n) is 2.82. The standard InChI is InChI=1S/C14H22N2O3/c1-11-4-5-13(19-3)12(8-11)9-16(6-7-18-2)10-14(15)17/h4-5,8H,6-7,9-10H2,1-3H3,(H2,15,17). The number of hydrogen-bond acceptors (Lipinski definition) is 4. The van der Waals surface area contributed by atoms with Crippen LogP contribution in [0, 0.1) is 6.92 Å². The molecule has 1 aromatic rings. The lowest BCUT2D eigenvalue weighted by atomic mass is 10.1. The quantitative estimate of drug-likeness (QED) is 0.760. The van der Waals surface area contributed by atoms with Crippen molar-refractivity contribution in [1.29, 1.82) is 0 Å². The molecule has 5 heteroatoms. The van der Waals surface area contributed by atoms with Crippen molar-refractivity contribution < 1.29 is 14.3 Å². The maximum Gasteiger partial charge on any atom is 0.231 e. The second-order valence-electron chi connectivity index (χ2n) is 4.49. The fourth-order valence-corrected chi connectivity index (χ4v) is 1.93. The van der Waals surface area contributed by atoms with Gasteiger partial charge in [-0.3, -0.25) is 9.69 Å². The summed E-state index contributed by atoms with van der Waals surface area (Å²) in [6.07, 6.45) is 0. The molecule has 0 bridgehead atoms. The zero-order chi connectivity index (χ0) is 14.3. The van der Waals surface area contributed by atoms with E-state index in [-0.39, 0.29) is 12.5 Å². The van der Waals surface area contributed by atoms with Gasteiger partial charge in [-0.1, -0.05) is 17.7 Å². The zero-order valence-corrected chi connectivity index (χ0v) is 11.8. The molecule has 0 fully saturated rings. The molecule has 1 amide bonds. The topological polar surface area (TPSA) is 64.8 Å². The van der Waals surface area contributed by atoms with Crippen molar-refractivity contribution in [2.75, 3.05) is 33.9 Å². The van der Waals surface area contributed by atoms with Gasteiger partial charge in [-0.2, -0.15) is 0 Å². The number of nitrogens with zero attached hydrogens (tertiary/aromatic N) is 1. The van der Waals surface area contributed by atoms with Crippen LogP contribution in [0.4, 0.5) is 0 Å². The molecule has 0 unspecified atom stereocenters. The van der Waals surface area contributed by atoms with E-state index < -0.39 is 0 Å². The van der Waals surface area contributed by atoms with Gasteiger partial charge in [0.25, 0.3) is 0 Å². The highest BCUT2D eigenvalue weighted by Crippen LogP contribution is 2.21. The van der Waals surface area contributed by atoms with Crippen LogP contribution in [0.25, 0.3) is 0 Å². The predicted molar refractivity (Wildman–Crippen MR) is 74.1 cm³/mol. The van der Waals surface area contributed by atoms with Gasteiger partial charge in [-0.05, 0) is 13.0 Å². The summed E-state index contributed by atoms with van der Waals surface area (Å²) in [5.41, 5.74) is 7.46. The van der Waals surface area contributed by atoms with Gasteiger partial charge in [0.1, 0.15) is 5.75 Å². The smallest absolute Gasteiger partial charge is 0.231 e. The van der Waals surface area contributed by atoms with Gasteiger partial charge < -0.3 is 15.2 Å². The third kappa shape index (κ3) is 5.28. The normalized spacial score (nSPS) is 10.7. The number of benzene rings is 1. The molecule has 1 aromatic carbocycles. The van der Waals surface area contributed by atoms with Crippen molar-refractivity contribution in [2.24, 2.45) is 5.73 Å². The van der Waals surface area contributed by atoms with Gasteiger partial charge in [0.2, 0.25) is 5.91 Å². The Morgan fingerprint density at radius 2 is 2.11 bits per heavy atom. The minimum atomic E-state index is -0.345. The van der Waals surface area contributed by atoms with E-state index in [0.29, 0.717) is 19.7 Å². The zero-order valence-electron chi connectivity index (χ0n) is 11.8. The molecule has 0 saturated carbocycles. The number of primary amides is 1. The number of ether oxygens (including phenoxy) is 2. The summed E-state index contributed by atoms with van der Waals surface area (Å²) in [5.74, 6) is 0.472. The summed E-state index contributed by atoms with van der Waals surface area (Å²) in [4.78, 5) is 13.0. The highest BCUT2D eigenvalue weighted by atomic mass is 16.5. The van der Waals surface area contributed by atoms with E-state index in [2.05, 4.69) is 6.07 Å². The van der Waals surface area contributed by atoms with E-state index in [1.165, 1.54) is 0 Å². The number of rotatable bonds is 8. The molecule has 106 valence electrons. The molecule has 0 atom stereocenters. The van der Waals surface area contributed by atoms with E-state index >= 15 is 0 Å². The molecule has 0 radical (unpaired) electrons. The predicted octanol–water partition coefficient (Wildman–Crippen LogP) is 0.937. The summed E-state index contributed by atoms with van der Waals surface area (Å²) in [7, 11) is 3.28. The summed E-state index contributed by atoms with van der Waals surface area (Å²) in [5, 5.41) is 0. The Morgan fingerprint density at radius 3 is 2.68 bits per heavy atom. The lowest BCUT2D eigenvalue weighted by Gasteiger charge is -2.21. The van der Waals surface area contributed by atoms with Crippen LogP contribution in [0.1, 0.15) is 11.1 Å². The lowest BCUT2D eigenvalue weighted by Crippen LogP contribution is -2.35. The molecule has 2 N–H and O–H groups in total. The van der Waals surface area contributed by atoms with Gasteiger partial charge in [0.15, 0.2) is 0 Å². The molecule has 0 aliphatic heterocycles. The number of carbonyl (C=O) groups is 1. The van der Waals surface area contributed by atoms with Gasteiger partial charge in [-0.15, -0.1) is 0 Å². The highest BCUT2D eigenvalue weighted by Gasteiger charge is 2.12. The largest absolute Gasteiger partial charge is 0.496 e. The van der Waals surface area contributed by atoms with Crippen LogP contribution < -0.4 is 10.5 Å². The fourth-order valence-electron chi connectivity index (χ4n) is 1.93. The van der Waals surface area contributed by atoms with Crippen LogP contribution in [0.5, 0.6) is 5.75 Å². The van der Waals surface area contributed by atoms with Gasteiger partial charge in [-0.25, -0.2) is 0 Å². The SMILES string of the molecule is COCCN(CC(N)=O)Cc1cc(C)ccc1OC. The minimum absolute atomic E-state index is 0.209. The molecule has 0 saturated heterocycles. The van der Waals surface area contributed by atoms with Crippen LogP contribution in [-0.2, 0) is 16.1 Å². The molecule has 0 aliphatic carbocycles. The van der Waals surface area contributed by atoms with Crippen LogP contribution >= 0.6 is 0 Å².